The van der Waals surface area contributed by atoms with Crippen LogP contribution in [0.3, 0.4) is 0 Å². The number of halogens is 1. The molecule has 1 aliphatic rings. The van der Waals surface area contributed by atoms with E-state index < -0.39 is 0 Å². The molecule has 0 aromatic heterocycles. The number of rotatable bonds is 4. The number of hydrogen-bond acceptors (Lipinski definition) is 4. The second-order valence-corrected chi connectivity index (χ2v) is 8.87. The standard InChI is InChI=1S/C21H22BrN3OS/c1-16(27-20-9-5-18(22)6-10-20)21(26)25-12-2-11-24(13-14-25)19-7-3-17(15-23)4-8-19/h3-10,16H,2,11-14H2,1H3. The molecule has 27 heavy (non-hydrogen) atoms. The zero-order valence-electron chi connectivity index (χ0n) is 15.3. The fourth-order valence-electron chi connectivity index (χ4n) is 3.17. The van der Waals surface area contributed by atoms with Crippen molar-refractivity contribution in [2.45, 2.75) is 23.5 Å². The zero-order chi connectivity index (χ0) is 19.2. The van der Waals surface area contributed by atoms with E-state index in [0.29, 0.717) is 5.56 Å². The van der Waals surface area contributed by atoms with Gasteiger partial charge in [0.1, 0.15) is 0 Å². The van der Waals surface area contributed by atoms with E-state index in [9.17, 15) is 4.79 Å². The summed E-state index contributed by atoms with van der Waals surface area (Å²) in [6.45, 7) is 5.23. The number of thioether (sulfide) groups is 1. The van der Waals surface area contributed by atoms with Crippen LogP contribution in [0.1, 0.15) is 18.9 Å². The predicted octanol–water partition coefficient (Wildman–Crippen LogP) is 4.54. The Morgan fingerprint density at radius 1 is 1.07 bits per heavy atom. The first-order valence-corrected chi connectivity index (χ1v) is 10.7. The van der Waals surface area contributed by atoms with Crippen molar-refractivity contribution in [2.75, 3.05) is 31.1 Å². The summed E-state index contributed by atoms with van der Waals surface area (Å²) in [5.41, 5.74) is 1.78. The van der Waals surface area contributed by atoms with E-state index in [0.717, 1.165) is 47.7 Å². The highest BCUT2D eigenvalue weighted by Crippen LogP contribution is 2.26. The first kappa shape index (κ1) is 19.8. The maximum Gasteiger partial charge on any atom is 0.235 e. The fourth-order valence-corrected chi connectivity index (χ4v) is 4.38. The summed E-state index contributed by atoms with van der Waals surface area (Å²) < 4.78 is 1.04. The van der Waals surface area contributed by atoms with Crippen LogP contribution >= 0.6 is 27.7 Å². The molecule has 2 aromatic carbocycles. The number of hydrogen-bond donors (Lipinski definition) is 0. The number of nitriles is 1. The predicted molar refractivity (Wildman–Crippen MR) is 114 cm³/mol. The Balaban J connectivity index is 1.58. The lowest BCUT2D eigenvalue weighted by molar-refractivity contribution is -0.130. The molecular weight excluding hydrogens is 422 g/mol. The van der Waals surface area contributed by atoms with Crippen molar-refractivity contribution in [1.82, 2.24) is 4.90 Å². The number of carbonyl (C=O) groups excluding carboxylic acids is 1. The van der Waals surface area contributed by atoms with Crippen molar-refractivity contribution in [1.29, 1.82) is 5.26 Å². The van der Waals surface area contributed by atoms with Crippen LogP contribution in [0.15, 0.2) is 57.9 Å². The number of amides is 1. The van der Waals surface area contributed by atoms with Crippen LogP contribution in [0, 0.1) is 11.3 Å². The van der Waals surface area contributed by atoms with Crippen molar-refractivity contribution in [3.63, 3.8) is 0 Å². The van der Waals surface area contributed by atoms with Crippen LogP contribution in [0.25, 0.3) is 0 Å². The minimum Gasteiger partial charge on any atom is -0.370 e. The largest absolute Gasteiger partial charge is 0.370 e. The van der Waals surface area contributed by atoms with Gasteiger partial charge in [0.15, 0.2) is 0 Å². The molecule has 1 unspecified atom stereocenters. The number of carbonyl (C=O) groups is 1. The van der Waals surface area contributed by atoms with Crippen LogP contribution in [-0.2, 0) is 4.79 Å². The molecule has 0 N–H and O–H groups in total. The minimum absolute atomic E-state index is 0.104. The molecule has 1 amide bonds. The molecule has 3 rings (SSSR count). The molecule has 0 saturated carbocycles. The van der Waals surface area contributed by atoms with Crippen molar-refractivity contribution in [3.8, 4) is 6.07 Å². The monoisotopic (exact) mass is 443 g/mol. The summed E-state index contributed by atoms with van der Waals surface area (Å²) in [6.07, 6.45) is 0.946. The van der Waals surface area contributed by atoms with E-state index in [1.807, 2.05) is 60.4 Å². The summed E-state index contributed by atoms with van der Waals surface area (Å²) >= 11 is 5.05. The van der Waals surface area contributed by atoms with Crippen LogP contribution in [0.2, 0.25) is 0 Å². The van der Waals surface area contributed by atoms with Crippen molar-refractivity contribution < 1.29 is 4.79 Å². The van der Waals surface area contributed by atoms with E-state index in [1.54, 1.807) is 11.8 Å². The summed E-state index contributed by atoms with van der Waals surface area (Å²) in [4.78, 5) is 18.3. The van der Waals surface area contributed by atoms with Gasteiger partial charge < -0.3 is 9.80 Å². The average Bonchev–Trinajstić information content (AvgIpc) is 2.95. The Morgan fingerprint density at radius 3 is 2.44 bits per heavy atom. The topological polar surface area (TPSA) is 47.3 Å². The lowest BCUT2D eigenvalue weighted by Gasteiger charge is -2.25. The average molecular weight is 444 g/mol. The molecule has 1 fully saturated rings. The number of anilines is 1. The molecule has 2 aromatic rings. The van der Waals surface area contributed by atoms with Gasteiger partial charge in [0.2, 0.25) is 5.91 Å². The third-order valence-corrected chi connectivity index (χ3v) is 6.27. The fraction of sp³-hybridized carbons (Fsp3) is 0.333. The molecule has 140 valence electrons. The highest BCUT2D eigenvalue weighted by molar-refractivity contribution is 9.10. The third-order valence-electron chi connectivity index (χ3n) is 4.64. The van der Waals surface area contributed by atoms with E-state index in [1.165, 1.54) is 0 Å². The Kier molecular flexibility index (Phi) is 6.81. The lowest BCUT2D eigenvalue weighted by atomic mass is 10.2. The van der Waals surface area contributed by atoms with Gasteiger partial charge in [-0.05, 0) is 61.9 Å². The summed E-state index contributed by atoms with van der Waals surface area (Å²) in [6, 6.07) is 17.9. The molecule has 0 radical (unpaired) electrons. The molecular formula is C21H22BrN3OS. The number of nitrogens with zero attached hydrogens (tertiary/aromatic N) is 3. The smallest absolute Gasteiger partial charge is 0.235 e. The summed E-state index contributed by atoms with van der Waals surface area (Å²) in [5, 5.41) is 8.83. The van der Waals surface area contributed by atoms with Crippen LogP contribution in [-0.4, -0.2) is 42.2 Å². The normalized spacial score (nSPS) is 15.7. The van der Waals surface area contributed by atoms with Gasteiger partial charge in [-0.1, -0.05) is 15.9 Å². The molecule has 1 heterocycles. The van der Waals surface area contributed by atoms with Gasteiger partial charge in [-0.3, -0.25) is 4.79 Å². The molecule has 0 bridgehead atoms. The lowest BCUT2D eigenvalue weighted by Crippen LogP contribution is -2.39. The van der Waals surface area contributed by atoms with E-state index in [-0.39, 0.29) is 11.2 Å². The van der Waals surface area contributed by atoms with Gasteiger partial charge in [-0.25, -0.2) is 0 Å². The molecule has 0 spiro atoms. The first-order chi connectivity index (χ1) is 13.1. The maximum atomic E-state index is 12.9. The highest BCUT2D eigenvalue weighted by Gasteiger charge is 2.24. The first-order valence-electron chi connectivity index (χ1n) is 9.03. The molecule has 6 heteroatoms. The van der Waals surface area contributed by atoms with Gasteiger partial charge >= 0.3 is 0 Å². The number of benzene rings is 2. The van der Waals surface area contributed by atoms with Crippen LogP contribution in [0.5, 0.6) is 0 Å². The van der Waals surface area contributed by atoms with Crippen LogP contribution in [0.4, 0.5) is 5.69 Å². The van der Waals surface area contributed by atoms with Crippen molar-refractivity contribution >= 4 is 39.3 Å². The van der Waals surface area contributed by atoms with E-state index in [4.69, 9.17) is 5.26 Å². The molecule has 4 nitrogen and oxygen atoms in total. The quantitative estimate of drug-likeness (QED) is 0.650. The molecule has 1 aliphatic heterocycles. The molecule has 1 atom stereocenters. The highest BCUT2D eigenvalue weighted by atomic mass is 79.9. The Morgan fingerprint density at radius 2 is 1.78 bits per heavy atom. The van der Waals surface area contributed by atoms with Gasteiger partial charge in [0.25, 0.3) is 0 Å². The second kappa shape index (κ2) is 9.29. The summed E-state index contributed by atoms with van der Waals surface area (Å²) in [5.74, 6) is 0.199. The Hall–Kier alpha value is -1.97. The molecule has 0 aliphatic carbocycles. The maximum absolute atomic E-state index is 12.9. The minimum atomic E-state index is -0.104. The van der Waals surface area contributed by atoms with E-state index >= 15 is 0 Å². The third kappa shape index (κ3) is 5.27. The molecule has 1 saturated heterocycles. The van der Waals surface area contributed by atoms with Gasteiger partial charge in [0, 0.05) is 41.2 Å². The van der Waals surface area contributed by atoms with Crippen molar-refractivity contribution in [2.24, 2.45) is 0 Å². The zero-order valence-corrected chi connectivity index (χ0v) is 17.7. The Bertz CT molecular complexity index is 817. The Labute approximate surface area is 173 Å². The van der Waals surface area contributed by atoms with Gasteiger partial charge in [-0.15, -0.1) is 11.8 Å². The van der Waals surface area contributed by atoms with Crippen molar-refractivity contribution in [3.05, 3.63) is 58.6 Å². The summed E-state index contributed by atoms with van der Waals surface area (Å²) in [7, 11) is 0. The second-order valence-electron chi connectivity index (χ2n) is 6.54. The van der Waals surface area contributed by atoms with Gasteiger partial charge in [0.05, 0.1) is 16.9 Å². The van der Waals surface area contributed by atoms with E-state index in [2.05, 4.69) is 26.9 Å². The van der Waals surface area contributed by atoms with Gasteiger partial charge in [-0.2, -0.15) is 5.26 Å². The van der Waals surface area contributed by atoms with Crippen LogP contribution < -0.4 is 4.90 Å². The SMILES string of the molecule is CC(Sc1ccc(Br)cc1)C(=O)N1CCCN(c2ccc(C#N)cc2)CC1.